The van der Waals surface area contributed by atoms with E-state index in [0.29, 0.717) is 10.3 Å². The maximum atomic E-state index is 16.0. The molecular formula is C28H24F3N5O4S. The lowest BCUT2D eigenvalue weighted by Gasteiger charge is -2.33. The number of fused-ring (bicyclic) bond motifs is 2. The number of nitrogens with two attached hydrogens (primary N) is 2. The first-order valence-corrected chi connectivity index (χ1v) is 13.5. The molecule has 6 rings (SSSR count). The number of carbonyl (C=O) groups excluding carboxylic acids is 2. The Kier molecular flexibility index (Phi) is 6.01. The molecule has 1 fully saturated rings. The zero-order valence-electron chi connectivity index (χ0n) is 21.6. The minimum Gasteiger partial charge on any atom is -0.489 e. The fraction of sp³-hybridized carbons (Fsp3) is 0.286. The van der Waals surface area contributed by atoms with E-state index in [1.54, 1.807) is 6.92 Å². The number of hydrogen-bond donors (Lipinski definition) is 4. The fourth-order valence-corrected chi connectivity index (χ4v) is 5.84. The number of amides is 2. The molecular weight excluding hydrogens is 559 g/mol. The van der Waals surface area contributed by atoms with E-state index in [4.69, 9.17) is 16.2 Å². The van der Waals surface area contributed by atoms with Crippen molar-refractivity contribution in [1.29, 1.82) is 0 Å². The standard InChI is InChI=1S/C28H24F3N5O4S/c1-26(24(32)38)12-40-22-16(26)10-19(35-20(22)13-2-4-15(29)5-3-13)28(39,27(31)6-7-27)11-34-23(37)14-8-17(30)21-18(9-14)41-25(33)36-21/h2-5,8-10,39H,6-7,11-12H2,1H3,(H2,32,38)(H2,33,36)(H,34,37)/t26-,28-/m0/s1. The summed E-state index contributed by atoms with van der Waals surface area (Å²) in [5, 5.41) is 14.5. The molecule has 1 aliphatic heterocycles. The van der Waals surface area contributed by atoms with Crippen LogP contribution in [0.2, 0.25) is 0 Å². The van der Waals surface area contributed by atoms with Gasteiger partial charge in [-0.3, -0.25) is 9.59 Å². The Morgan fingerprint density at radius 1 is 1.17 bits per heavy atom. The van der Waals surface area contributed by atoms with Crippen molar-refractivity contribution >= 4 is 38.5 Å². The number of halogens is 3. The van der Waals surface area contributed by atoms with Crippen LogP contribution in [0.1, 0.15) is 41.4 Å². The predicted molar refractivity (Wildman–Crippen MR) is 145 cm³/mol. The number of anilines is 1. The Hall–Kier alpha value is -4.23. The number of alkyl halides is 1. The van der Waals surface area contributed by atoms with E-state index >= 15 is 4.39 Å². The van der Waals surface area contributed by atoms with Crippen LogP contribution in [-0.4, -0.2) is 45.7 Å². The first-order valence-electron chi connectivity index (χ1n) is 12.6. The van der Waals surface area contributed by atoms with Crippen molar-refractivity contribution in [2.45, 2.75) is 36.5 Å². The lowest BCUT2D eigenvalue weighted by atomic mass is 9.80. The molecule has 13 heteroatoms. The third-order valence-corrected chi connectivity index (χ3v) is 8.65. The number of aliphatic hydroxyl groups is 1. The Bertz CT molecular complexity index is 1740. The van der Waals surface area contributed by atoms with E-state index in [9.17, 15) is 23.5 Å². The number of ether oxygens (including phenoxy) is 1. The van der Waals surface area contributed by atoms with Crippen LogP contribution in [0, 0.1) is 11.6 Å². The molecule has 212 valence electrons. The highest BCUT2D eigenvalue weighted by Crippen LogP contribution is 2.55. The molecule has 9 nitrogen and oxygen atoms in total. The minimum absolute atomic E-state index is 0.0195. The first kappa shape index (κ1) is 27.0. The van der Waals surface area contributed by atoms with E-state index in [1.165, 1.54) is 36.4 Å². The largest absolute Gasteiger partial charge is 0.489 e. The van der Waals surface area contributed by atoms with Crippen LogP contribution in [0.15, 0.2) is 42.5 Å². The topological polar surface area (TPSA) is 153 Å². The van der Waals surface area contributed by atoms with Gasteiger partial charge in [0.25, 0.3) is 5.91 Å². The lowest BCUT2D eigenvalue weighted by molar-refractivity contribution is -0.123. The molecule has 0 saturated heterocycles. The molecule has 4 aromatic rings. The van der Waals surface area contributed by atoms with Crippen molar-refractivity contribution in [3.63, 3.8) is 0 Å². The van der Waals surface area contributed by atoms with Gasteiger partial charge in [-0.1, -0.05) is 11.3 Å². The highest BCUT2D eigenvalue weighted by atomic mass is 32.1. The predicted octanol–water partition coefficient (Wildman–Crippen LogP) is 3.47. The molecule has 3 heterocycles. The van der Waals surface area contributed by atoms with Crippen molar-refractivity contribution in [2.75, 3.05) is 18.9 Å². The number of pyridine rings is 1. The summed E-state index contributed by atoms with van der Waals surface area (Å²) in [5.41, 5.74) is 6.10. The number of aromatic nitrogens is 2. The quantitative estimate of drug-likeness (QED) is 0.260. The van der Waals surface area contributed by atoms with Gasteiger partial charge in [0.1, 0.15) is 40.5 Å². The number of carbonyl (C=O) groups is 2. The Labute approximate surface area is 235 Å². The van der Waals surface area contributed by atoms with Crippen molar-refractivity contribution in [1.82, 2.24) is 15.3 Å². The average Bonchev–Trinajstić information content (AvgIpc) is 3.43. The van der Waals surface area contributed by atoms with Gasteiger partial charge in [0, 0.05) is 16.7 Å². The summed E-state index contributed by atoms with van der Waals surface area (Å²) in [7, 11) is 0. The molecule has 1 saturated carbocycles. The maximum absolute atomic E-state index is 16.0. The molecule has 2 amide bonds. The van der Waals surface area contributed by atoms with Crippen LogP contribution in [-0.2, 0) is 15.8 Å². The number of thiazole rings is 1. The molecule has 0 radical (unpaired) electrons. The number of nitrogens with zero attached hydrogens (tertiary/aromatic N) is 2. The Morgan fingerprint density at radius 3 is 2.54 bits per heavy atom. The monoisotopic (exact) mass is 583 g/mol. The smallest absolute Gasteiger partial charge is 0.251 e. The van der Waals surface area contributed by atoms with E-state index in [0.717, 1.165) is 17.4 Å². The van der Waals surface area contributed by atoms with E-state index in [-0.39, 0.29) is 58.4 Å². The summed E-state index contributed by atoms with van der Waals surface area (Å²) in [4.78, 5) is 34.0. The van der Waals surface area contributed by atoms with Gasteiger partial charge in [-0.2, -0.15) is 0 Å². The second-order valence-electron chi connectivity index (χ2n) is 10.6. The van der Waals surface area contributed by atoms with Gasteiger partial charge in [-0.25, -0.2) is 23.1 Å². The number of hydrogen-bond acceptors (Lipinski definition) is 8. The van der Waals surface area contributed by atoms with Gasteiger partial charge in [0.05, 0.1) is 16.9 Å². The van der Waals surface area contributed by atoms with Crippen LogP contribution >= 0.6 is 11.3 Å². The second kappa shape index (κ2) is 9.14. The van der Waals surface area contributed by atoms with Crippen molar-refractivity contribution < 1.29 is 32.6 Å². The molecule has 0 spiro atoms. The summed E-state index contributed by atoms with van der Waals surface area (Å²) in [6, 6.07) is 9.02. The third kappa shape index (κ3) is 4.27. The van der Waals surface area contributed by atoms with E-state index < -0.39 is 46.7 Å². The normalized spacial score (nSPS) is 20.2. The maximum Gasteiger partial charge on any atom is 0.251 e. The minimum atomic E-state index is -2.36. The van der Waals surface area contributed by atoms with Crippen LogP contribution in [0.5, 0.6) is 5.75 Å². The highest BCUT2D eigenvalue weighted by molar-refractivity contribution is 7.22. The highest BCUT2D eigenvalue weighted by Gasteiger charge is 2.62. The van der Waals surface area contributed by atoms with Crippen LogP contribution in [0.4, 0.5) is 18.3 Å². The number of rotatable bonds is 7. The van der Waals surface area contributed by atoms with Gasteiger partial charge >= 0.3 is 0 Å². The van der Waals surface area contributed by atoms with E-state index in [2.05, 4.69) is 15.3 Å². The fourth-order valence-electron chi connectivity index (χ4n) is 5.05. The molecule has 6 N–H and O–H groups in total. The molecule has 2 atom stereocenters. The summed E-state index contributed by atoms with van der Waals surface area (Å²) in [6.45, 7) is 0.804. The second-order valence-corrected chi connectivity index (χ2v) is 11.7. The van der Waals surface area contributed by atoms with E-state index in [1.807, 2.05) is 0 Å². The van der Waals surface area contributed by atoms with Crippen LogP contribution in [0.3, 0.4) is 0 Å². The lowest BCUT2D eigenvalue weighted by Crippen LogP contribution is -2.49. The van der Waals surface area contributed by atoms with Gasteiger partial charge in [0.15, 0.2) is 16.5 Å². The van der Waals surface area contributed by atoms with Crippen molar-refractivity contribution in [2.24, 2.45) is 5.73 Å². The number of benzene rings is 2. The number of primary amides is 1. The van der Waals surface area contributed by atoms with Gasteiger partial charge in [0.2, 0.25) is 5.91 Å². The SMILES string of the molecule is C[C@]1(C(N)=O)COc2c1cc([C@@](O)(CNC(=O)c1cc(F)c3nc(N)sc3c1)C1(F)CC1)nc2-c1ccc(F)cc1. The molecule has 2 aromatic carbocycles. The third-order valence-electron chi connectivity index (χ3n) is 7.82. The first-order chi connectivity index (χ1) is 19.3. The summed E-state index contributed by atoms with van der Waals surface area (Å²) < 4.78 is 50.4. The molecule has 0 bridgehead atoms. The molecule has 41 heavy (non-hydrogen) atoms. The number of nitrogen functional groups attached to an aromatic ring is 1. The van der Waals surface area contributed by atoms with Gasteiger partial charge in [-0.15, -0.1) is 0 Å². The molecule has 1 aliphatic carbocycles. The number of nitrogens with one attached hydrogen (secondary N) is 1. The van der Waals surface area contributed by atoms with Crippen LogP contribution < -0.4 is 21.5 Å². The summed E-state index contributed by atoms with van der Waals surface area (Å²) in [5.74, 6) is -2.54. The average molecular weight is 584 g/mol. The Morgan fingerprint density at radius 2 is 1.88 bits per heavy atom. The zero-order valence-corrected chi connectivity index (χ0v) is 22.4. The summed E-state index contributed by atoms with van der Waals surface area (Å²) >= 11 is 1.00. The molecule has 2 aromatic heterocycles. The summed E-state index contributed by atoms with van der Waals surface area (Å²) in [6.07, 6.45) is -0.0390. The Balaban J connectivity index is 1.42. The zero-order chi connectivity index (χ0) is 29.3. The van der Waals surface area contributed by atoms with Gasteiger partial charge < -0.3 is 26.6 Å². The van der Waals surface area contributed by atoms with Crippen LogP contribution in [0.25, 0.3) is 21.5 Å². The molecule has 0 unspecified atom stereocenters. The molecule has 2 aliphatic rings. The van der Waals surface area contributed by atoms with Crippen molar-refractivity contribution in [3.8, 4) is 17.0 Å². The van der Waals surface area contributed by atoms with Crippen molar-refractivity contribution in [3.05, 3.63) is 70.9 Å². The van der Waals surface area contributed by atoms with Gasteiger partial charge in [-0.05, 0) is 62.2 Å².